The van der Waals surface area contributed by atoms with Crippen LogP contribution in [0.4, 0.5) is 4.39 Å². The summed E-state index contributed by atoms with van der Waals surface area (Å²) in [6, 6.07) is 8.35. The van der Waals surface area contributed by atoms with E-state index in [4.69, 9.17) is 5.73 Å². The van der Waals surface area contributed by atoms with Gasteiger partial charge in [-0.2, -0.15) is 0 Å². The number of halogens is 1. The first-order chi connectivity index (χ1) is 9.19. The van der Waals surface area contributed by atoms with Crippen molar-refractivity contribution >= 4 is 5.65 Å². The molecular weight excluding hydrogens is 243 g/mol. The van der Waals surface area contributed by atoms with Crippen molar-refractivity contribution < 1.29 is 4.39 Å². The lowest BCUT2D eigenvalue weighted by atomic mass is 10.1. The quantitative estimate of drug-likeness (QED) is 0.765. The first-order valence-electron chi connectivity index (χ1n) is 5.99. The van der Waals surface area contributed by atoms with Crippen LogP contribution in [0.15, 0.2) is 36.5 Å². The van der Waals surface area contributed by atoms with Crippen LogP contribution in [0.1, 0.15) is 11.5 Å². The number of nitrogens with two attached hydrogens (primary N) is 1. The average molecular weight is 256 g/mol. The lowest BCUT2D eigenvalue weighted by Crippen LogP contribution is -1.97. The molecule has 3 aromatic rings. The maximum Gasteiger partial charge on any atom is 0.140 e. The lowest BCUT2D eigenvalue weighted by molar-refractivity contribution is 0.630. The predicted molar refractivity (Wildman–Crippen MR) is 71.0 cm³/mol. The van der Waals surface area contributed by atoms with Gasteiger partial charge in [-0.3, -0.25) is 4.40 Å². The van der Waals surface area contributed by atoms with E-state index in [0.29, 0.717) is 17.8 Å². The highest BCUT2D eigenvalue weighted by atomic mass is 19.1. The van der Waals surface area contributed by atoms with Gasteiger partial charge in [-0.25, -0.2) is 14.4 Å². The highest BCUT2D eigenvalue weighted by Crippen LogP contribution is 2.22. The van der Waals surface area contributed by atoms with Gasteiger partial charge in [0.15, 0.2) is 0 Å². The molecule has 0 aliphatic heterocycles. The number of rotatable bonds is 2. The number of benzene rings is 1. The van der Waals surface area contributed by atoms with E-state index in [1.165, 1.54) is 6.07 Å². The van der Waals surface area contributed by atoms with E-state index in [2.05, 4.69) is 9.97 Å². The van der Waals surface area contributed by atoms with E-state index in [1.807, 2.05) is 17.5 Å². The van der Waals surface area contributed by atoms with Crippen molar-refractivity contribution in [3.05, 3.63) is 53.9 Å². The molecule has 0 spiro atoms. The number of aromatic nitrogens is 3. The molecule has 2 aromatic heterocycles. The van der Waals surface area contributed by atoms with Gasteiger partial charge in [0.1, 0.15) is 17.3 Å². The van der Waals surface area contributed by atoms with Gasteiger partial charge in [0.2, 0.25) is 0 Å². The Balaban J connectivity index is 2.23. The summed E-state index contributed by atoms with van der Waals surface area (Å²) < 4.78 is 15.6. The Morgan fingerprint density at radius 1 is 1.26 bits per heavy atom. The molecule has 1 aromatic carbocycles. The molecular formula is C14H13FN4. The van der Waals surface area contributed by atoms with Crippen LogP contribution in [0, 0.1) is 12.7 Å². The topological polar surface area (TPSA) is 56.2 Å². The molecule has 0 saturated heterocycles. The highest BCUT2D eigenvalue weighted by molar-refractivity contribution is 5.64. The van der Waals surface area contributed by atoms with E-state index >= 15 is 0 Å². The molecule has 2 N–H and O–H groups in total. The molecule has 0 atom stereocenters. The second kappa shape index (κ2) is 4.44. The van der Waals surface area contributed by atoms with Crippen molar-refractivity contribution in [2.45, 2.75) is 13.5 Å². The van der Waals surface area contributed by atoms with Gasteiger partial charge >= 0.3 is 0 Å². The monoisotopic (exact) mass is 256 g/mol. The van der Waals surface area contributed by atoms with Crippen LogP contribution in [0.3, 0.4) is 0 Å². The van der Waals surface area contributed by atoms with Crippen molar-refractivity contribution in [1.29, 1.82) is 0 Å². The summed E-state index contributed by atoms with van der Waals surface area (Å²) in [4.78, 5) is 8.81. The fourth-order valence-electron chi connectivity index (χ4n) is 2.09. The number of fused-ring (bicyclic) bond motifs is 1. The third kappa shape index (κ3) is 1.98. The Hall–Kier alpha value is -2.27. The average Bonchev–Trinajstić information content (AvgIpc) is 2.83. The Kier molecular flexibility index (Phi) is 2.76. The maximum absolute atomic E-state index is 13.8. The molecule has 0 saturated carbocycles. The number of aryl methyl sites for hydroxylation is 1. The summed E-state index contributed by atoms with van der Waals surface area (Å²) in [7, 11) is 0. The molecule has 0 aliphatic rings. The Bertz CT molecular complexity index is 748. The van der Waals surface area contributed by atoms with Crippen molar-refractivity contribution in [3.63, 3.8) is 0 Å². The number of hydrogen-bond acceptors (Lipinski definition) is 3. The Labute approximate surface area is 109 Å². The molecule has 0 bridgehead atoms. The van der Waals surface area contributed by atoms with Crippen molar-refractivity contribution in [3.8, 4) is 11.3 Å². The third-order valence-corrected chi connectivity index (χ3v) is 3.04. The van der Waals surface area contributed by atoms with Crippen LogP contribution in [-0.4, -0.2) is 14.4 Å². The Morgan fingerprint density at radius 2 is 2.05 bits per heavy atom. The zero-order chi connectivity index (χ0) is 13.4. The molecule has 96 valence electrons. The predicted octanol–water partition coefficient (Wildman–Crippen LogP) is 2.30. The van der Waals surface area contributed by atoms with Crippen molar-refractivity contribution in [2.75, 3.05) is 0 Å². The largest absolute Gasteiger partial charge is 0.325 e. The summed E-state index contributed by atoms with van der Waals surface area (Å²) in [5.74, 6) is 0.465. The minimum absolute atomic E-state index is 0.288. The first-order valence-corrected chi connectivity index (χ1v) is 5.99. The molecule has 0 radical (unpaired) electrons. The van der Waals surface area contributed by atoms with Crippen LogP contribution in [-0.2, 0) is 6.54 Å². The van der Waals surface area contributed by atoms with Crippen LogP contribution in [0.2, 0.25) is 0 Å². The highest BCUT2D eigenvalue weighted by Gasteiger charge is 2.10. The van der Waals surface area contributed by atoms with Gasteiger partial charge in [-0.05, 0) is 19.1 Å². The molecule has 5 heteroatoms. The van der Waals surface area contributed by atoms with E-state index in [0.717, 1.165) is 17.2 Å². The summed E-state index contributed by atoms with van der Waals surface area (Å²) in [6.07, 6.45) is 1.85. The molecule has 3 rings (SSSR count). The minimum atomic E-state index is -0.288. The van der Waals surface area contributed by atoms with Crippen LogP contribution < -0.4 is 5.73 Å². The minimum Gasteiger partial charge on any atom is -0.325 e. The first kappa shape index (κ1) is 11.8. The van der Waals surface area contributed by atoms with Gasteiger partial charge in [0.05, 0.1) is 11.4 Å². The van der Waals surface area contributed by atoms with Gasteiger partial charge in [-0.15, -0.1) is 0 Å². The summed E-state index contributed by atoms with van der Waals surface area (Å²) >= 11 is 0. The van der Waals surface area contributed by atoms with E-state index in [-0.39, 0.29) is 5.82 Å². The summed E-state index contributed by atoms with van der Waals surface area (Å²) in [5, 5.41) is 0. The summed E-state index contributed by atoms with van der Waals surface area (Å²) in [6.45, 7) is 2.23. The lowest BCUT2D eigenvalue weighted by Gasteiger charge is -2.05. The van der Waals surface area contributed by atoms with E-state index < -0.39 is 0 Å². The summed E-state index contributed by atoms with van der Waals surface area (Å²) in [5.41, 5.74) is 8.15. The van der Waals surface area contributed by atoms with E-state index in [1.54, 1.807) is 24.3 Å². The van der Waals surface area contributed by atoms with Gasteiger partial charge in [0, 0.05) is 24.4 Å². The van der Waals surface area contributed by atoms with Crippen molar-refractivity contribution in [1.82, 2.24) is 14.4 Å². The van der Waals surface area contributed by atoms with Crippen molar-refractivity contribution in [2.24, 2.45) is 5.73 Å². The van der Waals surface area contributed by atoms with Gasteiger partial charge in [0.25, 0.3) is 0 Å². The standard InChI is InChI=1S/C14H13FN4/c1-9-17-13(11-4-2-3-5-12(11)15)6-14-18-10(7-16)8-19(9)14/h2-6,8H,7,16H2,1H3. The fourth-order valence-corrected chi connectivity index (χ4v) is 2.09. The molecule has 0 unspecified atom stereocenters. The smallest absolute Gasteiger partial charge is 0.140 e. The number of imidazole rings is 1. The number of hydrogen-bond donors (Lipinski definition) is 1. The van der Waals surface area contributed by atoms with Crippen LogP contribution >= 0.6 is 0 Å². The SMILES string of the molecule is Cc1nc(-c2ccccc2F)cc2nc(CN)cn12. The van der Waals surface area contributed by atoms with E-state index in [9.17, 15) is 4.39 Å². The van der Waals surface area contributed by atoms with Gasteiger partial charge < -0.3 is 5.73 Å². The normalized spacial score (nSPS) is 11.1. The van der Waals surface area contributed by atoms with Crippen LogP contribution in [0.5, 0.6) is 0 Å². The Morgan fingerprint density at radius 3 is 2.79 bits per heavy atom. The molecule has 4 nitrogen and oxygen atoms in total. The molecule has 0 fully saturated rings. The molecule has 0 amide bonds. The number of nitrogens with zero attached hydrogens (tertiary/aromatic N) is 3. The molecule has 0 aliphatic carbocycles. The molecule has 2 heterocycles. The second-order valence-corrected chi connectivity index (χ2v) is 4.33. The van der Waals surface area contributed by atoms with Gasteiger partial charge in [-0.1, -0.05) is 12.1 Å². The second-order valence-electron chi connectivity index (χ2n) is 4.33. The fraction of sp³-hybridized carbons (Fsp3) is 0.143. The maximum atomic E-state index is 13.8. The third-order valence-electron chi connectivity index (χ3n) is 3.04. The molecule has 19 heavy (non-hydrogen) atoms. The zero-order valence-corrected chi connectivity index (χ0v) is 10.5. The zero-order valence-electron chi connectivity index (χ0n) is 10.5. The van der Waals surface area contributed by atoms with Crippen LogP contribution in [0.25, 0.3) is 16.9 Å².